The second-order valence-corrected chi connectivity index (χ2v) is 7.72. The van der Waals surface area contributed by atoms with Gasteiger partial charge in [0.1, 0.15) is 0 Å². The third kappa shape index (κ3) is 4.60. The standard InChI is InChI=1S/C21H28N4O5/c1-5-29-20(27)15-6-8-24(9-7-15)19(26)14(4)30-21(28)17-10-16-12-23-25(13(2)3)18(16)22-11-17/h10-15H,5-9H2,1-4H3. The average Bonchev–Trinajstić information content (AvgIpc) is 3.17. The zero-order valence-corrected chi connectivity index (χ0v) is 17.8. The Bertz CT molecular complexity index is 931. The predicted octanol–water partition coefficient (Wildman–Crippen LogP) is 2.36. The number of esters is 2. The zero-order chi connectivity index (χ0) is 21.8. The van der Waals surface area contributed by atoms with Crippen molar-refractivity contribution in [3.05, 3.63) is 24.0 Å². The van der Waals surface area contributed by atoms with Gasteiger partial charge in [-0.2, -0.15) is 5.10 Å². The molecule has 1 aliphatic rings. The summed E-state index contributed by atoms with van der Waals surface area (Å²) in [6.45, 7) is 8.55. The molecule has 0 aromatic carbocycles. The van der Waals surface area contributed by atoms with Gasteiger partial charge in [0.25, 0.3) is 5.91 Å². The lowest BCUT2D eigenvalue weighted by Crippen LogP contribution is -2.45. The average molecular weight is 416 g/mol. The van der Waals surface area contributed by atoms with Crippen molar-refractivity contribution in [3.8, 4) is 0 Å². The molecule has 0 bridgehead atoms. The van der Waals surface area contributed by atoms with Crippen molar-refractivity contribution in [2.45, 2.75) is 52.7 Å². The number of rotatable bonds is 6. The SMILES string of the molecule is CCOC(=O)C1CCN(C(=O)C(C)OC(=O)c2cnc3c(cnn3C(C)C)c2)CC1. The lowest BCUT2D eigenvalue weighted by molar-refractivity contribution is -0.152. The molecule has 3 rings (SSSR count). The van der Waals surface area contributed by atoms with Crippen molar-refractivity contribution in [1.29, 1.82) is 0 Å². The third-order valence-corrected chi connectivity index (χ3v) is 5.22. The van der Waals surface area contributed by atoms with Crippen molar-refractivity contribution < 1.29 is 23.9 Å². The predicted molar refractivity (Wildman–Crippen MR) is 109 cm³/mol. The van der Waals surface area contributed by atoms with Crippen LogP contribution in [0.3, 0.4) is 0 Å². The summed E-state index contributed by atoms with van der Waals surface area (Å²) in [5.41, 5.74) is 0.960. The van der Waals surface area contributed by atoms with E-state index in [2.05, 4.69) is 10.1 Å². The largest absolute Gasteiger partial charge is 0.466 e. The first-order valence-corrected chi connectivity index (χ1v) is 10.3. The summed E-state index contributed by atoms with van der Waals surface area (Å²) < 4.78 is 12.2. The van der Waals surface area contributed by atoms with Crippen molar-refractivity contribution in [2.75, 3.05) is 19.7 Å². The Balaban J connectivity index is 1.58. The first kappa shape index (κ1) is 21.7. The quantitative estimate of drug-likeness (QED) is 0.666. The van der Waals surface area contributed by atoms with Gasteiger partial charge in [-0.25, -0.2) is 14.5 Å². The maximum Gasteiger partial charge on any atom is 0.340 e. The van der Waals surface area contributed by atoms with Gasteiger partial charge in [-0.1, -0.05) is 0 Å². The molecule has 0 aliphatic carbocycles. The van der Waals surface area contributed by atoms with Gasteiger partial charge in [-0.15, -0.1) is 0 Å². The van der Waals surface area contributed by atoms with E-state index in [4.69, 9.17) is 9.47 Å². The molecule has 3 heterocycles. The molecule has 1 aliphatic heterocycles. The number of nitrogens with zero attached hydrogens (tertiary/aromatic N) is 4. The van der Waals surface area contributed by atoms with Gasteiger partial charge in [-0.3, -0.25) is 9.59 Å². The summed E-state index contributed by atoms with van der Waals surface area (Å²) in [6, 6.07) is 1.82. The van der Waals surface area contributed by atoms with Gasteiger partial charge in [0.2, 0.25) is 0 Å². The molecule has 1 unspecified atom stereocenters. The first-order valence-electron chi connectivity index (χ1n) is 10.3. The Morgan fingerprint density at radius 2 is 1.87 bits per heavy atom. The van der Waals surface area contributed by atoms with Gasteiger partial charge in [0.05, 0.1) is 24.3 Å². The summed E-state index contributed by atoms with van der Waals surface area (Å²) in [7, 11) is 0. The van der Waals surface area contributed by atoms with Crippen LogP contribution in [-0.2, 0) is 19.1 Å². The normalized spacial score (nSPS) is 16.0. The van der Waals surface area contributed by atoms with Gasteiger partial charge in [-0.05, 0) is 46.6 Å². The summed E-state index contributed by atoms with van der Waals surface area (Å²) >= 11 is 0. The third-order valence-electron chi connectivity index (χ3n) is 5.22. The van der Waals surface area contributed by atoms with E-state index >= 15 is 0 Å². The number of piperidine rings is 1. The maximum atomic E-state index is 12.7. The highest BCUT2D eigenvalue weighted by atomic mass is 16.5. The van der Waals surface area contributed by atoms with Crippen LogP contribution in [0.1, 0.15) is 56.9 Å². The molecule has 2 aromatic rings. The fourth-order valence-electron chi connectivity index (χ4n) is 3.56. The number of amides is 1. The summed E-state index contributed by atoms with van der Waals surface area (Å²) in [5, 5.41) is 5.02. The number of pyridine rings is 1. The number of carbonyl (C=O) groups is 3. The molecule has 0 spiro atoms. The lowest BCUT2D eigenvalue weighted by atomic mass is 9.97. The smallest absolute Gasteiger partial charge is 0.340 e. The van der Waals surface area contributed by atoms with Crippen molar-refractivity contribution in [2.24, 2.45) is 5.92 Å². The topological polar surface area (TPSA) is 104 Å². The fourth-order valence-corrected chi connectivity index (χ4v) is 3.56. The summed E-state index contributed by atoms with van der Waals surface area (Å²) in [4.78, 5) is 43.0. The van der Waals surface area contributed by atoms with Crippen LogP contribution in [0, 0.1) is 5.92 Å². The number of fused-ring (bicyclic) bond motifs is 1. The van der Waals surface area contributed by atoms with Crippen LogP contribution in [0.2, 0.25) is 0 Å². The second-order valence-electron chi connectivity index (χ2n) is 7.72. The summed E-state index contributed by atoms with van der Waals surface area (Å²) in [5.74, 6) is -1.28. The fraction of sp³-hybridized carbons (Fsp3) is 0.571. The minimum Gasteiger partial charge on any atom is -0.466 e. The van der Waals surface area contributed by atoms with E-state index in [0.29, 0.717) is 38.2 Å². The van der Waals surface area contributed by atoms with Crippen molar-refractivity contribution >= 4 is 28.9 Å². The molecule has 1 saturated heterocycles. The molecule has 0 saturated carbocycles. The Labute approximate surface area is 175 Å². The van der Waals surface area contributed by atoms with Gasteiger partial charge < -0.3 is 14.4 Å². The van der Waals surface area contributed by atoms with E-state index in [1.807, 2.05) is 13.8 Å². The monoisotopic (exact) mass is 416 g/mol. The molecule has 0 radical (unpaired) electrons. The van der Waals surface area contributed by atoms with Crippen LogP contribution < -0.4 is 0 Å². The zero-order valence-electron chi connectivity index (χ0n) is 17.8. The molecule has 30 heavy (non-hydrogen) atoms. The molecule has 162 valence electrons. The minimum absolute atomic E-state index is 0.151. The van der Waals surface area contributed by atoms with Crippen molar-refractivity contribution in [1.82, 2.24) is 19.7 Å². The molecule has 9 nitrogen and oxygen atoms in total. The number of carbonyl (C=O) groups excluding carboxylic acids is 3. The molecule has 9 heteroatoms. The molecule has 2 aromatic heterocycles. The van der Waals surface area contributed by atoms with E-state index in [-0.39, 0.29) is 29.4 Å². The first-order chi connectivity index (χ1) is 14.3. The van der Waals surface area contributed by atoms with E-state index in [0.717, 1.165) is 5.39 Å². The van der Waals surface area contributed by atoms with Crippen LogP contribution in [-0.4, -0.2) is 63.3 Å². The Kier molecular flexibility index (Phi) is 6.69. The van der Waals surface area contributed by atoms with Crippen LogP contribution in [0.5, 0.6) is 0 Å². The Morgan fingerprint density at radius 3 is 2.50 bits per heavy atom. The van der Waals surface area contributed by atoms with Crippen LogP contribution in [0.15, 0.2) is 18.5 Å². The van der Waals surface area contributed by atoms with Crippen LogP contribution in [0.4, 0.5) is 0 Å². The highest BCUT2D eigenvalue weighted by Gasteiger charge is 2.31. The lowest BCUT2D eigenvalue weighted by Gasteiger charge is -2.32. The van der Waals surface area contributed by atoms with Gasteiger partial charge in [0.15, 0.2) is 11.8 Å². The Morgan fingerprint density at radius 1 is 1.17 bits per heavy atom. The molecular formula is C21H28N4O5. The van der Waals surface area contributed by atoms with Crippen LogP contribution in [0.25, 0.3) is 11.0 Å². The molecular weight excluding hydrogens is 388 g/mol. The number of hydrogen-bond acceptors (Lipinski definition) is 7. The van der Waals surface area contributed by atoms with E-state index in [1.165, 1.54) is 6.20 Å². The second kappa shape index (κ2) is 9.23. The van der Waals surface area contributed by atoms with Gasteiger partial charge in [0, 0.05) is 30.7 Å². The summed E-state index contributed by atoms with van der Waals surface area (Å²) in [6.07, 6.45) is 3.26. The van der Waals surface area contributed by atoms with E-state index in [1.54, 1.807) is 35.7 Å². The number of aromatic nitrogens is 3. The Hall–Kier alpha value is -2.97. The minimum atomic E-state index is -0.925. The number of ether oxygens (including phenoxy) is 2. The highest BCUT2D eigenvalue weighted by Crippen LogP contribution is 2.21. The van der Waals surface area contributed by atoms with Gasteiger partial charge >= 0.3 is 11.9 Å². The van der Waals surface area contributed by atoms with E-state index < -0.39 is 12.1 Å². The van der Waals surface area contributed by atoms with Crippen molar-refractivity contribution in [3.63, 3.8) is 0 Å². The molecule has 1 atom stereocenters. The molecule has 1 amide bonds. The van der Waals surface area contributed by atoms with Crippen LogP contribution >= 0.6 is 0 Å². The molecule has 0 N–H and O–H groups in total. The molecule has 1 fully saturated rings. The number of hydrogen-bond donors (Lipinski definition) is 0. The highest BCUT2D eigenvalue weighted by molar-refractivity contribution is 5.94. The number of likely N-dealkylation sites (tertiary alicyclic amines) is 1. The maximum absolute atomic E-state index is 12.7. The van der Waals surface area contributed by atoms with E-state index in [9.17, 15) is 14.4 Å².